The first kappa shape index (κ1) is 60.8. The van der Waals surface area contributed by atoms with Crippen molar-refractivity contribution in [3.63, 3.8) is 0 Å². The number of amides is 1. The minimum absolute atomic E-state index is 0.0301. The third kappa shape index (κ3) is 50.7. The fourth-order valence-corrected chi connectivity index (χ4v) is 8.31. The first-order valence-corrected chi connectivity index (χ1v) is 27.6. The quantitative estimate of drug-likeness (QED) is 0.0421. The lowest BCUT2D eigenvalue weighted by molar-refractivity contribution is -0.123. The number of allylic oxidation sites excluding steroid dienone is 12. The van der Waals surface area contributed by atoms with Crippen molar-refractivity contribution in [3.05, 3.63) is 72.9 Å². The molecule has 0 bridgehead atoms. The maximum Gasteiger partial charge on any atom is 0.220 e. The molecule has 63 heavy (non-hydrogen) atoms. The summed E-state index contributed by atoms with van der Waals surface area (Å²) in [6.45, 7) is 4.25. The normalized spacial score (nSPS) is 13.4. The van der Waals surface area contributed by atoms with Crippen molar-refractivity contribution in [2.75, 3.05) is 6.61 Å². The van der Waals surface area contributed by atoms with Gasteiger partial charge in [-0.15, -0.1) is 0 Å². The van der Waals surface area contributed by atoms with Gasteiger partial charge >= 0.3 is 0 Å². The Morgan fingerprint density at radius 3 is 1.05 bits per heavy atom. The fraction of sp³-hybridized carbons (Fsp3) is 0.780. The second-order valence-electron chi connectivity index (χ2n) is 18.6. The van der Waals surface area contributed by atoms with E-state index < -0.39 is 12.1 Å². The number of carbonyl (C=O) groups excluding carboxylic acids is 1. The van der Waals surface area contributed by atoms with Crippen LogP contribution in [0, 0.1) is 0 Å². The molecule has 366 valence electrons. The predicted molar refractivity (Wildman–Crippen MR) is 281 cm³/mol. The second-order valence-corrected chi connectivity index (χ2v) is 18.6. The van der Waals surface area contributed by atoms with Gasteiger partial charge in [-0.25, -0.2) is 0 Å². The van der Waals surface area contributed by atoms with E-state index in [1.54, 1.807) is 0 Å². The minimum atomic E-state index is -0.660. The van der Waals surface area contributed by atoms with E-state index >= 15 is 0 Å². The third-order valence-electron chi connectivity index (χ3n) is 12.5. The molecule has 0 heterocycles. The summed E-state index contributed by atoms with van der Waals surface area (Å²) >= 11 is 0. The van der Waals surface area contributed by atoms with E-state index in [9.17, 15) is 15.0 Å². The maximum atomic E-state index is 12.5. The number of aliphatic hydroxyl groups is 2. The van der Waals surface area contributed by atoms with E-state index in [4.69, 9.17) is 0 Å². The molecule has 2 unspecified atom stereocenters. The summed E-state index contributed by atoms with van der Waals surface area (Å²) in [7, 11) is 0. The van der Waals surface area contributed by atoms with Crippen molar-refractivity contribution < 1.29 is 15.0 Å². The monoisotopic (exact) mass is 878 g/mol. The second kappa shape index (κ2) is 54.2. The van der Waals surface area contributed by atoms with Gasteiger partial charge in [0.15, 0.2) is 0 Å². The van der Waals surface area contributed by atoms with Gasteiger partial charge in [-0.1, -0.05) is 279 Å². The Hall–Kier alpha value is -2.17. The van der Waals surface area contributed by atoms with Gasteiger partial charge in [0.25, 0.3) is 0 Å². The topological polar surface area (TPSA) is 69.6 Å². The van der Waals surface area contributed by atoms with Crippen molar-refractivity contribution in [2.24, 2.45) is 0 Å². The number of unbranched alkanes of at least 4 members (excludes halogenated alkanes) is 31. The maximum absolute atomic E-state index is 12.5. The Kier molecular flexibility index (Phi) is 52.3. The third-order valence-corrected chi connectivity index (χ3v) is 12.5. The average molecular weight is 879 g/mol. The molecule has 0 aliphatic carbocycles. The smallest absolute Gasteiger partial charge is 0.220 e. The Morgan fingerprint density at radius 1 is 0.397 bits per heavy atom. The van der Waals surface area contributed by atoms with Gasteiger partial charge in [0.2, 0.25) is 5.91 Å². The Balaban J connectivity index is 3.45. The van der Waals surface area contributed by atoms with Crippen LogP contribution >= 0.6 is 0 Å². The number of carbonyl (C=O) groups is 1. The summed E-state index contributed by atoms with van der Waals surface area (Å²) in [6, 6.07) is -0.537. The van der Waals surface area contributed by atoms with E-state index in [1.807, 2.05) is 0 Å². The molecular weight excluding hydrogens is 771 g/mol. The van der Waals surface area contributed by atoms with Gasteiger partial charge in [0.1, 0.15) is 0 Å². The van der Waals surface area contributed by atoms with Crippen LogP contribution in [0.15, 0.2) is 72.9 Å². The number of hydrogen-bond donors (Lipinski definition) is 3. The predicted octanol–water partition coefficient (Wildman–Crippen LogP) is 18.2. The molecule has 0 aliphatic heterocycles. The number of nitrogens with one attached hydrogen (secondary N) is 1. The van der Waals surface area contributed by atoms with Crippen LogP contribution in [0.3, 0.4) is 0 Å². The molecule has 0 spiro atoms. The molecular formula is C59H107NO3. The van der Waals surface area contributed by atoms with Gasteiger partial charge in [-0.3, -0.25) is 4.79 Å². The van der Waals surface area contributed by atoms with Crippen LogP contribution < -0.4 is 5.32 Å². The van der Waals surface area contributed by atoms with Gasteiger partial charge in [0, 0.05) is 6.42 Å². The van der Waals surface area contributed by atoms with Gasteiger partial charge in [-0.2, -0.15) is 0 Å². The zero-order valence-electron chi connectivity index (χ0n) is 42.1. The lowest BCUT2D eigenvalue weighted by atomic mass is 10.0. The van der Waals surface area contributed by atoms with Crippen LogP contribution in [0.4, 0.5) is 0 Å². The molecule has 0 aromatic carbocycles. The Bertz CT molecular complexity index is 1090. The van der Waals surface area contributed by atoms with Crippen molar-refractivity contribution in [1.29, 1.82) is 0 Å². The molecule has 0 saturated heterocycles. The summed E-state index contributed by atoms with van der Waals surface area (Å²) in [5, 5.41) is 23.3. The minimum Gasteiger partial charge on any atom is -0.394 e. The summed E-state index contributed by atoms with van der Waals surface area (Å²) in [4.78, 5) is 12.5. The molecule has 0 rings (SSSR count). The SMILES string of the molecule is CC/C=C\C/C=C\C/C=C\C/C=C\C/C=C\C/C=C\CCCCCCCCCCCCCCCCCCCCC(=O)NC(CO)C(O)CCCCCCCCCCCCCCCC. The number of rotatable bonds is 50. The molecule has 4 nitrogen and oxygen atoms in total. The van der Waals surface area contributed by atoms with Gasteiger partial charge in [0.05, 0.1) is 18.8 Å². The summed E-state index contributed by atoms with van der Waals surface area (Å²) in [5.41, 5.74) is 0. The fourth-order valence-electron chi connectivity index (χ4n) is 8.31. The first-order chi connectivity index (χ1) is 31.2. The molecule has 0 fully saturated rings. The average Bonchev–Trinajstić information content (AvgIpc) is 3.29. The highest BCUT2D eigenvalue weighted by molar-refractivity contribution is 5.76. The van der Waals surface area contributed by atoms with Crippen LogP contribution in [0.5, 0.6) is 0 Å². The zero-order chi connectivity index (χ0) is 45.6. The van der Waals surface area contributed by atoms with Crippen molar-refractivity contribution in [3.8, 4) is 0 Å². The molecule has 0 aromatic heterocycles. The highest BCUT2D eigenvalue weighted by Crippen LogP contribution is 2.17. The van der Waals surface area contributed by atoms with E-state index in [-0.39, 0.29) is 12.5 Å². The summed E-state index contributed by atoms with van der Waals surface area (Å²) in [5.74, 6) is -0.0301. The Labute approximate surface area is 393 Å². The van der Waals surface area contributed by atoms with Gasteiger partial charge in [-0.05, 0) is 64.2 Å². The molecule has 0 radical (unpaired) electrons. The lowest BCUT2D eigenvalue weighted by Gasteiger charge is -2.22. The molecule has 0 aliphatic rings. The highest BCUT2D eigenvalue weighted by Gasteiger charge is 2.20. The number of hydrogen-bond acceptors (Lipinski definition) is 3. The van der Waals surface area contributed by atoms with Gasteiger partial charge < -0.3 is 15.5 Å². The molecule has 3 N–H and O–H groups in total. The van der Waals surface area contributed by atoms with Crippen molar-refractivity contribution >= 4 is 5.91 Å². The summed E-state index contributed by atoms with van der Waals surface area (Å²) < 4.78 is 0. The molecule has 0 saturated carbocycles. The van der Waals surface area contributed by atoms with Crippen LogP contribution in [0.1, 0.15) is 277 Å². The Morgan fingerprint density at radius 2 is 0.698 bits per heavy atom. The van der Waals surface area contributed by atoms with Crippen molar-refractivity contribution in [2.45, 2.75) is 289 Å². The van der Waals surface area contributed by atoms with E-state index in [2.05, 4.69) is 92.1 Å². The van der Waals surface area contributed by atoms with Crippen LogP contribution in [0.2, 0.25) is 0 Å². The standard InChI is InChI=1S/C59H107NO3/c1-3-5-7-9-11-13-15-17-19-20-21-22-23-24-25-26-27-28-29-30-31-32-33-34-35-36-37-38-39-40-41-43-45-47-49-51-53-55-59(63)60-57(56-61)58(62)54-52-50-48-46-44-42-18-16-14-12-10-8-6-4-2/h5,7,11,13,17,19,21-22,24-25,27-28,57-58,61-62H,3-4,6,8-10,12,14-16,18,20,23,26,29-56H2,1-2H3,(H,60,63)/b7-5-,13-11-,19-17-,22-21-,25-24-,28-27-. The first-order valence-electron chi connectivity index (χ1n) is 27.6. The summed E-state index contributed by atoms with van der Waals surface area (Å²) in [6.07, 6.45) is 77.4. The van der Waals surface area contributed by atoms with Crippen molar-refractivity contribution in [1.82, 2.24) is 5.32 Å². The molecule has 4 heteroatoms. The van der Waals surface area contributed by atoms with Crippen LogP contribution in [0.25, 0.3) is 0 Å². The van der Waals surface area contributed by atoms with E-state index in [0.717, 1.165) is 64.2 Å². The highest BCUT2D eigenvalue weighted by atomic mass is 16.3. The number of aliphatic hydroxyl groups excluding tert-OH is 2. The lowest BCUT2D eigenvalue weighted by Crippen LogP contribution is -2.45. The van der Waals surface area contributed by atoms with E-state index in [0.29, 0.717) is 12.8 Å². The largest absolute Gasteiger partial charge is 0.394 e. The molecule has 0 aromatic rings. The van der Waals surface area contributed by atoms with Crippen LogP contribution in [-0.4, -0.2) is 34.9 Å². The molecule has 2 atom stereocenters. The zero-order valence-corrected chi connectivity index (χ0v) is 42.1. The molecule has 1 amide bonds. The van der Waals surface area contributed by atoms with Crippen LogP contribution in [-0.2, 0) is 4.79 Å². The van der Waals surface area contributed by atoms with E-state index in [1.165, 1.54) is 186 Å².